The van der Waals surface area contributed by atoms with Crippen LogP contribution in [0.5, 0.6) is 0 Å². The monoisotopic (exact) mass is 168 g/mol. The summed E-state index contributed by atoms with van der Waals surface area (Å²) in [4.78, 5) is 4.29. The van der Waals surface area contributed by atoms with Crippen LogP contribution in [-0.2, 0) is 0 Å². The summed E-state index contributed by atoms with van der Waals surface area (Å²) in [6.45, 7) is 1.66. The molecule has 0 unspecified atom stereocenters. The van der Waals surface area contributed by atoms with Crippen molar-refractivity contribution in [1.82, 2.24) is 5.32 Å². The van der Waals surface area contributed by atoms with E-state index in [1.54, 1.807) is 0 Å². The highest BCUT2D eigenvalue weighted by molar-refractivity contribution is 5.83. The average molecular weight is 168 g/mol. The number of aliphatic imine (C=N–C) groups is 1. The standard InChI is InChI=1S/C9H16N2O/c12-9(4-2-5-9)7-11-8-3-1-6-10-8/h12H,1-7H2,(H,10,11). The fraction of sp³-hybridized carbons (Fsp3) is 0.889. The summed E-state index contributed by atoms with van der Waals surface area (Å²) in [5.74, 6) is 1.09. The van der Waals surface area contributed by atoms with Crippen LogP contribution in [-0.4, -0.2) is 29.6 Å². The topological polar surface area (TPSA) is 44.6 Å². The number of hydrogen-bond donors (Lipinski definition) is 2. The molecule has 0 saturated heterocycles. The van der Waals surface area contributed by atoms with Crippen molar-refractivity contribution < 1.29 is 5.11 Å². The van der Waals surface area contributed by atoms with Crippen molar-refractivity contribution in [2.75, 3.05) is 13.1 Å². The van der Waals surface area contributed by atoms with Crippen LogP contribution in [0, 0.1) is 0 Å². The van der Waals surface area contributed by atoms with Crippen molar-refractivity contribution in [2.45, 2.75) is 37.7 Å². The summed E-state index contributed by atoms with van der Waals surface area (Å²) in [6, 6.07) is 0. The third kappa shape index (κ3) is 1.61. The maximum atomic E-state index is 9.75. The summed E-state index contributed by atoms with van der Waals surface area (Å²) in [5, 5.41) is 13.0. The molecule has 0 bridgehead atoms. The zero-order valence-electron chi connectivity index (χ0n) is 7.34. The predicted octanol–water partition coefficient (Wildman–Crippen LogP) is 0.683. The quantitative estimate of drug-likeness (QED) is 0.637. The first kappa shape index (κ1) is 8.05. The van der Waals surface area contributed by atoms with Gasteiger partial charge in [-0.05, 0) is 25.7 Å². The van der Waals surface area contributed by atoms with Gasteiger partial charge in [-0.25, -0.2) is 0 Å². The number of amidine groups is 1. The molecule has 0 atom stereocenters. The lowest BCUT2D eigenvalue weighted by Crippen LogP contribution is -2.47. The maximum absolute atomic E-state index is 9.75. The maximum Gasteiger partial charge on any atom is 0.0964 e. The van der Waals surface area contributed by atoms with Gasteiger partial charge in [0.25, 0.3) is 0 Å². The Kier molecular flexibility index (Phi) is 2.05. The first-order valence-electron chi connectivity index (χ1n) is 4.78. The summed E-state index contributed by atoms with van der Waals surface area (Å²) in [5.41, 5.74) is -0.412. The van der Waals surface area contributed by atoms with Gasteiger partial charge in [0.05, 0.1) is 11.4 Å². The molecule has 2 N–H and O–H groups in total. The first-order chi connectivity index (χ1) is 5.79. The number of rotatable bonds is 2. The molecular formula is C9H16N2O. The second-order valence-corrected chi connectivity index (χ2v) is 3.86. The van der Waals surface area contributed by atoms with E-state index < -0.39 is 5.60 Å². The van der Waals surface area contributed by atoms with E-state index in [4.69, 9.17) is 0 Å². The van der Waals surface area contributed by atoms with Gasteiger partial charge in [-0.3, -0.25) is 4.99 Å². The molecule has 0 aromatic carbocycles. The molecule has 2 rings (SSSR count). The minimum absolute atomic E-state index is 0.412. The Labute approximate surface area is 72.9 Å². The normalized spacial score (nSPS) is 26.2. The lowest BCUT2D eigenvalue weighted by Gasteiger charge is -2.36. The van der Waals surface area contributed by atoms with E-state index in [0.29, 0.717) is 6.54 Å². The first-order valence-corrected chi connectivity index (χ1v) is 4.78. The largest absolute Gasteiger partial charge is 0.388 e. The predicted molar refractivity (Wildman–Crippen MR) is 48.3 cm³/mol. The van der Waals surface area contributed by atoms with Crippen molar-refractivity contribution in [3.05, 3.63) is 0 Å². The lowest BCUT2D eigenvalue weighted by atomic mass is 9.80. The molecule has 12 heavy (non-hydrogen) atoms. The van der Waals surface area contributed by atoms with Crippen molar-refractivity contribution in [2.24, 2.45) is 4.99 Å². The molecule has 0 aromatic heterocycles. The highest BCUT2D eigenvalue weighted by Gasteiger charge is 2.34. The van der Waals surface area contributed by atoms with Crippen LogP contribution in [0.1, 0.15) is 32.1 Å². The third-order valence-corrected chi connectivity index (χ3v) is 2.78. The van der Waals surface area contributed by atoms with Crippen LogP contribution in [0.2, 0.25) is 0 Å². The van der Waals surface area contributed by atoms with Gasteiger partial charge in [-0.15, -0.1) is 0 Å². The fourth-order valence-corrected chi connectivity index (χ4v) is 1.71. The fourth-order valence-electron chi connectivity index (χ4n) is 1.71. The van der Waals surface area contributed by atoms with E-state index in [9.17, 15) is 5.11 Å². The van der Waals surface area contributed by atoms with Gasteiger partial charge in [0, 0.05) is 19.5 Å². The SMILES string of the molecule is OC1(CNC2=NCCC2)CCC1. The summed E-state index contributed by atoms with van der Waals surface area (Å²) in [7, 11) is 0. The summed E-state index contributed by atoms with van der Waals surface area (Å²) < 4.78 is 0. The van der Waals surface area contributed by atoms with E-state index in [0.717, 1.165) is 31.6 Å². The van der Waals surface area contributed by atoms with E-state index >= 15 is 0 Å². The Morgan fingerprint density at radius 3 is 2.75 bits per heavy atom. The number of hydrogen-bond acceptors (Lipinski definition) is 3. The Hall–Kier alpha value is -0.570. The summed E-state index contributed by atoms with van der Waals surface area (Å²) in [6.07, 6.45) is 5.31. The molecule has 1 saturated carbocycles. The smallest absolute Gasteiger partial charge is 0.0964 e. The molecule has 1 heterocycles. The number of nitrogens with one attached hydrogen (secondary N) is 1. The van der Waals surface area contributed by atoms with Crippen molar-refractivity contribution >= 4 is 5.84 Å². The van der Waals surface area contributed by atoms with Gasteiger partial charge in [-0.2, -0.15) is 0 Å². The Morgan fingerprint density at radius 1 is 1.42 bits per heavy atom. The highest BCUT2D eigenvalue weighted by atomic mass is 16.3. The number of aliphatic hydroxyl groups is 1. The molecule has 0 radical (unpaired) electrons. The van der Waals surface area contributed by atoms with Crippen molar-refractivity contribution in [1.29, 1.82) is 0 Å². The van der Waals surface area contributed by atoms with E-state index in [-0.39, 0.29) is 0 Å². The van der Waals surface area contributed by atoms with Crippen LogP contribution < -0.4 is 5.32 Å². The molecule has 68 valence electrons. The van der Waals surface area contributed by atoms with E-state index in [2.05, 4.69) is 10.3 Å². The molecule has 1 fully saturated rings. The van der Waals surface area contributed by atoms with Crippen molar-refractivity contribution in [3.8, 4) is 0 Å². The van der Waals surface area contributed by atoms with Gasteiger partial charge < -0.3 is 10.4 Å². The lowest BCUT2D eigenvalue weighted by molar-refractivity contribution is -0.0278. The second kappa shape index (κ2) is 3.05. The Morgan fingerprint density at radius 2 is 2.25 bits per heavy atom. The molecule has 0 spiro atoms. The molecule has 3 nitrogen and oxygen atoms in total. The molecule has 0 aromatic rings. The minimum atomic E-state index is -0.412. The molecule has 1 aliphatic carbocycles. The third-order valence-electron chi connectivity index (χ3n) is 2.78. The van der Waals surface area contributed by atoms with Crippen LogP contribution in [0.25, 0.3) is 0 Å². The minimum Gasteiger partial charge on any atom is -0.388 e. The molecule has 0 amide bonds. The van der Waals surface area contributed by atoms with Gasteiger partial charge in [0.2, 0.25) is 0 Å². The van der Waals surface area contributed by atoms with Crippen LogP contribution in [0.3, 0.4) is 0 Å². The Balaban J connectivity index is 1.74. The van der Waals surface area contributed by atoms with E-state index in [1.807, 2.05) is 0 Å². The van der Waals surface area contributed by atoms with E-state index in [1.165, 1.54) is 12.8 Å². The zero-order chi connectivity index (χ0) is 8.44. The number of nitrogens with zero attached hydrogens (tertiary/aromatic N) is 1. The van der Waals surface area contributed by atoms with Gasteiger partial charge in [0.1, 0.15) is 0 Å². The Bertz CT molecular complexity index is 197. The molecule has 2 aliphatic rings. The second-order valence-electron chi connectivity index (χ2n) is 3.86. The molecular weight excluding hydrogens is 152 g/mol. The zero-order valence-corrected chi connectivity index (χ0v) is 7.34. The molecule has 1 aliphatic heterocycles. The van der Waals surface area contributed by atoms with Gasteiger partial charge in [-0.1, -0.05) is 0 Å². The highest BCUT2D eigenvalue weighted by Crippen LogP contribution is 2.30. The molecule has 3 heteroatoms. The van der Waals surface area contributed by atoms with Crippen LogP contribution in [0.15, 0.2) is 4.99 Å². The van der Waals surface area contributed by atoms with Crippen LogP contribution >= 0.6 is 0 Å². The van der Waals surface area contributed by atoms with Gasteiger partial charge in [0.15, 0.2) is 0 Å². The van der Waals surface area contributed by atoms with Gasteiger partial charge >= 0.3 is 0 Å². The summed E-state index contributed by atoms with van der Waals surface area (Å²) >= 11 is 0. The average Bonchev–Trinajstić information content (AvgIpc) is 2.49. The van der Waals surface area contributed by atoms with Crippen molar-refractivity contribution in [3.63, 3.8) is 0 Å². The van der Waals surface area contributed by atoms with Crippen LogP contribution in [0.4, 0.5) is 0 Å².